The maximum absolute atomic E-state index is 13.2. The van der Waals surface area contributed by atoms with Crippen LogP contribution in [0.4, 0.5) is 27.4 Å². The molecular formula is C15H19FN6O. The van der Waals surface area contributed by atoms with Crippen LogP contribution in [0.3, 0.4) is 0 Å². The van der Waals surface area contributed by atoms with Crippen LogP contribution in [0, 0.1) is 0 Å². The summed E-state index contributed by atoms with van der Waals surface area (Å²) < 4.78 is 13.2. The predicted octanol–water partition coefficient (Wildman–Crippen LogP) is 1.77. The van der Waals surface area contributed by atoms with Gasteiger partial charge in [-0.15, -0.1) is 0 Å². The Morgan fingerprint density at radius 2 is 1.96 bits per heavy atom. The lowest BCUT2D eigenvalue weighted by Crippen LogP contribution is -2.34. The van der Waals surface area contributed by atoms with Crippen molar-refractivity contribution in [2.75, 3.05) is 29.0 Å². The van der Waals surface area contributed by atoms with Gasteiger partial charge in [-0.3, -0.25) is 9.89 Å². The number of amides is 1. The zero-order valence-electron chi connectivity index (χ0n) is 12.6. The van der Waals surface area contributed by atoms with E-state index in [-0.39, 0.29) is 11.4 Å². The number of halogens is 1. The van der Waals surface area contributed by atoms with E-state index in [2.05, 4.69) is 20.4 Å². The van der Waals surface area contributed by atoms with Crippen molar-refractivity contribution in [2.45, 2.75) is 19.0 Å². The van der Waals surface area contributed by atoms with E-state index in [4.69, 9.17) is 11.5 Å². The van der Waals surface area contributed by atoms with Gasteiger partial charge in [-0.25, -0.2) is 4.39 Å². The highest BCUT2D eigenvalue weighted by Gasteiger charge is 2.19. The van der Waals surface area contributed by atoms with Gasteiger partial charge in [0.15, 0.2) is 5.82 Å². The molecule has 1 aliphatic rings. The van der Waals surface area contributed by atoms with Crippen LogP contribution >= 0.6 is 0 Å². The van der Waals surface area contributed by atoms with Crippen LogP contribution in [0.25, 0.3) is 0 Å². The molecule has 6 N–H and O–H groups in total. The number of nitrogens with one attached hydrogen (secondary N) is 2. The number of nitrogens with zero attached hydrogens (tertiary/aromatic N) is 2. The van der Waals surface area contributed by atoms with Gasteiger partial charge in [0, 0.05) is 24.5 Å². The lowest BCUT2D eigenvalue weighted by molar-refractivity contribution is 0.100. The number of benzene rings is 1. The molecule has 2 heterocycles. The Labute approximate surface area is 132 Å². The Balaban J connectivity index is 1.72. The first-order valence-electron chi connectivity index (χ1n) is 7.44. The predicted molar refractivity (Wildman–Crippen MR) is 87.6 cm³/mol. The molecule has 0 radical (unpaired) electrons. The quantitative estimate of drug-likeness (QED) is 0.686. The van der Waals surface area contributed by atoms with Gasteiger partial charge in [0.2, 0.25) is 0 Å². The van der Waals surface area contributed by atoms with Gasteiger partial charge in [0.1, 0.15) is 17.6 Å². The molecule has 1 fully saturated rings. The zero-order chi connectivity index (χ0) is 16.4. The number of carbonyl (C=O) groups excluding carboxylic acids is 1. The number of piperidine rings is 1. The third-order valence-corrected chi connectivity index (χ3v) is 3.96. The fourth-order valence-electron chi connectivity index (χ4n) is 2.69. The lowest BCUT2D eigenvalue weighted by Gasteiger charge is -2.30. The van der Waals surface area contributed by atoms with Crippen molar-refractivity contribution in [3.8, 4) is 0 Å². The first kappa shape index (κ1) is 15.1. The van der Waals surface area contributed by atoms with Gasteiger partial charge < -0.3 is 21.7 Å². The summed E-state index contributed by atoms with van der Waals surface area (Å²) >= 11 is 0. The van der Waals surface area contributed by atoms with E-state index in [1.54, 1.807) is 0 Å². The standard InChI is InChI=1S/C15H19FN6O/c16-9-5-7-22(8-6-9)11-3-1-10(2-4-11)19-15-12(14(18)23)13(17)20-21-15/h1-4,9H,5-8H2,(H2,18,23)(H4,17,19,20,21). The highest BCUT2D eigenvalue weighted by molar-refractivity contribution is 6.02. The molecule has 122 valence electrons. The van der Waals surface area contributed by atoms with Crippen molar-refractivity contribution in [3.63, 3.8) is 0 Å². The number of anilines is 4. The van der Waals surface area contributed by atoms with Crippen molar-refractivity contribution in [1.29, 1.82) is 0 Å². The van der Waals surface area contributed by atoms with Crippen LogP contribution in [-0.4, -0.2) is 35.4 Å². The minimum Gasteiger partial charge on any atom is -0.383 e. The number of carbonyl (C=O) groups is 1. The molecule has 0 aliphatic carbocycles. The maximum Gasteiger partial charge on any atom is 0.256 e. The number of alkyl halides is 1. The summed E-state index contributed by atoms with van der Waals surface area (Å²) in [5.41, 5.74) is 12.9. The van der Waals surface area contributed by atoms with Crippen LogP contribution in [0.5, 0.6) is 0 Å². The molecule has 8 heteroatoms. The molecule has 0 atom stereocenters. The van der Waals surface area contributed by atoms with E-state index in [1.807, 2.05) is 24.3 Å². The average Bonchev–Trinajstić information content (AvgIpc) is 2.90. The monoisotopic (exact) mass is 318 g/mol. The number of hydrogen-bond acceptors (Lipinski definition) is 5. The third kappa shape index (κ3) is 3.20. The second-order valence-corrected chi connectivity index (χ2v) is 5.56. The van der Waals surface area contributed by atoms with Gasteiger partial charge in [0.05, 0.1) is 0 Å². The molecule has 0 bridgehead atoms. The van der Waals surface area contributed by atoms with Crippen molar-refractivity contribution in [2.24, 2.45) is 5.73 Å². The maximum atomic E-state index is 13.2. The number of nitrogen functional groups attached to an aromatic ring is 1. The summed E-state index contributed by atoms with van der Waals surface area (Å²) in [4.78, 5) is 13.5. The first-order valence-corrected chi connectivity index (χ1v) is 7.44. The second kappa shape index (κ2) is 6.15. The van der Waals surface area contributed by atoms with E-state index < -0.39 is 12.1 Å². The molecule has 0 unspecified atom stereocenters. The number of primary amides is 1. The van der Waals surface area contributed by atoms with Crippen molar-refractivity contribution >= 4 is 28.9 Å². The number of nitrogens with two attached hydrogens (primary N) is 2. The Morgan fingerprint density at radius 3 is 2.57 bits per heavy atom. The molecular weight excluding hydrogens is 299 g/mol. The molecule has 1 amide bonds. The van der Waals surface area contributed by atoms with Crippen molar-refractivity contribution in [1.82, 2.24) is 10.2 Å². The Bertz CT molecular complexity index is 690. The van der Waals surface area contributed by atoms with Gasteiger partial charge >= 0.3 is 0 Å². The molecule has 23 heavy (non-hydrogen) atoms. The summed E-state index contributed by atoms with van der Waals surface area (Å²) in [7, 11) is 0. The molecule has 3 rings (SSSR count). The van der Waals surface area contributed by atoms with Crippen LogP contribution in [0.15, 0.2) is 24.3 Å². The fourth-order valence-corrected chi connectivity index (χ4v) is 2.69. The minimum atomic E-state index is -0.690. The van der Waals surface area contributed by atoms with Gasteiger partial charge in [0.25, 0.3) is 5.91 Å². The number of hydrogen-bond donors (Lipinski definition) is 4. The van der Waals surface area contributed by atoms with E-state index in [0.29, 0.717) is 18.7 Å². The highest BCUT2D eigenvalue weighted by atomic mass is 19.1. The van der Waals surface area contributed by atoms with Crippen LogP contribution in [0.1, 0.15) is 23.2 Å². The molecule has 0 spiro atoms. The van der Waals surface area contributed by atoms with Gasteiger partial charge in [-0.1, -0.05) is 0 Å². The zero-order valence-corrected chi connectivity index (χ0v) is 12.6. The van der Waals surface area contributed by atoms with Gasteiger partial charge in [-0.2, -0.15) is 5.10 Å². The summed E-state index contributed by atoms with van der Waals surface area (Å²) in [5.74, 6) is -0.226. The largest absolute Gasteiger partial charge is 0.383 e. The Kier molecular flexibility index (Phi) is 4.05. The number of aromatic nitrogens is 2. The second-order valence-electron chi connectivity index (χ2n) is 5.56. The highest BCUT2D eigenvalue weighted by Crippen LogP contribution is 2.26. The smallest absolute Gasteiger partial charge is 0.256 e. The molecule has 1 aromatic carbocycles. The van der Waals surface area contributed by atoms with Crippen molar-refractivity contribution < 1.29 is 9.18 Å². The molecule has 2 aromatic rings. The van der Waals surface area contributed by atoms with E-state index in [9.17, 15) is 9.18 Å². The first-order chi connectivity index (χ1) is 11.0. The molecule has 0 saturated carbocycles. The molecule has 1 saturated heterocycles. The van der Waals surface area contributed by atoms with Crippen LogP contribution in [0.2, 0.25) is 0 Å². The Hall–Kier alpha value is -2.77. The number of H-pyrrole nitrogens is 1. The third-order valence-electron chi connectivity index (χ3n) is 3.96. The van der Waals surface area contributed by atoms with Crippen LogP contribution in [-0.2, 0) is 0 Å². The summed E-state index contributed by atoms with van der Waals surface area (Å²) in [6.07, 6.45) is 0.438. The SMILES string of the molecule is NC(=O)c1c(Nc2ccc(N3CCC(F)CC3)cc2)n[nH]c1N. The number of rotatable bonds is 4. The lowest BCUT2D eigenvalue weighted by atomic mass is 10.1. The molecule has 7 nitrogen and oxygen atoms in total. The topological polar surface area (TPSA) is 113 Å². The molecule has 1 aromatic heterocycles. The van der Waals surface area contributed by atoms with Crippen molar-refractivity contribution in [3.05, 3.63) is 29.8 Å². The van der Waals surface area contributed by atoms with Gasteiger partial charge in [-0.05, 0) is 37.1 Å². The summed E-state index contributed by atoms with van der Waals surface area (Å²) in [6.45, 7) is 1.44. The van der Waals surface area contributed by atoms with E-state index in [0.717, 1.165) is 24.5 Å². The van der Waals surface area contributed by atoms with E-state index >= 15 is 0 Å². The summed E-state index contributed by atoms with van der Waals surface area (Å²) in [5, 5.41) is 9.48. The normalized spacial score (nSPS) is 15.6. The van der Waals surface area contributed by atoms with E-state index in [1.165, 1.54) is 0 Å². The van der Waals surface area contributed by atoms with Crippen LogP contribution < -0.4 is 21.7 Å². The average molecular weight is 318 g/mol. The molecule has 1 aliphatic heterocycles. The summed E-state index contributed by atoms with van der Waals surface area (Å²) in [6, 6.07) is 7.63. The minimum absolute atomic E-state index is 0.130. The Morgan fingerprint density at radius 1 is 1.30 bits per heavy atom. The fraction of sp³-hybridized carbons (Fsp3) is 0.333. The number of aromatic amines is 1.